The summed E-state index contributed by atoms with van der Waals surface area (Å²) < 4.78 is 0. The summed E-state index contributed by atoms with van der Waals surface area (Å²) in [5.74, 6) is 0.794. The first-order valence-electron chi connectivity index (χ1n) is 12.1. The van der Waals surface area contributed by atoms with E-state index in [1.54, 1.807) is 0 Å². The molecule has 1 unspecified atom stereocenters. The average Bonchev–Trinajstić information content (AvgIpc) is 2.85. The van der Waals surface area contributed by atoms with Gasteiger partial charge in [0, 0.05) is 42.1 Å². The Morgan fingerprint density at radius 1 is 1.06 bits per heavy atom. The SMILES string of the molecule is Cc1c(C#N)cccc1[C@@H](C)Nc1nnc(C)c2ccc(N3CCN4CCCCC4C3)cc12. The highest BCUT2D eigenvalue weighted by Gasteiger charge is 2.29. The van der Waals surface area contributed by atoms with Crippen LogP contribution in [0.2, 0.25) is 0 Å². The van der Waals surface area contributed by atoms with Gasteiger partial charge in [-0.05, 0) is 69.5 Å². The van der Waals surface area contributed by atoms with Crippen LogP contribution in [0.4, 0.5) is 11.5 Å². The summed E-state index contributed by atoms with van der Waals surface area (Å²) in [4.78, 5) is 5.21. The molecule has 0 radical (unpaired) electrons. The standard InChI is InChI=1S/C27H32N6/c1-18-21(16-28)7-6-9-24(18)19(2)29-27-26-15-22(10-11-25(26)20(3)30-31-27)33-14-13-32-12-5-4-8-23(32)17-33/h6-7,9-11,15,19,23H,4-5,8,12-14,17H2,1-3H3,(H,29,31)/t19-,23?/m1/s1. The topological polar surface area (TPSA) is 68.1 Å². The number of benzene rings is 2. The lowest BCUT2D eigenvalue weighted by Crippen LogP contribution is -2.54. The zero-order chi connectivity index (χ0) is 22.9. The van der Waals surface area contributed by atoms with Gasteiger partial charge >= 0.3 is 0 Å². The van der Waals surface area contributed by atoms with E-state index in [0.717, 1.165) is 53.0 Å². The fourth-order valence-corrected chi connectivity index (χ4v) is 5.50. The van der Waals surface area contributed by atoms with E-state index in [9.17, 15) is 5.26 Å². The predicted molar refractivity (Wildman–Crippen MR) is 134 cm³/mol. The summed E-state index contributed by atoms with van der Waals surface area (Å²) >= 11 is 0. The van der Waals surface area contributed by atoms with Crippen LogP contribution in [-0.2, 0) is 0 Å². The molecule has 5 rings (SSSR count). The Balaban J connectivity index is 1.46. The van der Waals surface area contributed by atoms with Gasteiger partial charge in [-0.2, -0.15) is 10.4 Å². The molecule has 0 bridgehead atoms. The molecular formula is C27H32N6. The van der Waals surface area contributed by atoms with Crippen molar-refractivity contribution in [1.82, 2.24) is 15.1 Å². The van der Waals surface area contributed by atoms with Gasteiger partial charge in [0.2, 0.25) is 0 Å². The van der Waals surface area contributed by atoms with Crippen LogP contribution >= 0.6 is 0 Å². The van der Waals surface area contributed by atoms with Crippen LogP contribution in [0.1, 0.15) is 54.6 Å². The number of piperidine rings is 1. The van der Waals surface area contributed by atoms with Crippen LogP contribution in [0.15, 0.2) is 36.4 Å². The van der Waals surface area contributed by atoms with E-state index in [2.05, 4.69) is 62.6 Å². The van der Waals surface area contributed by atoms with Crippen LogP contribution in [0.25, 0.3) is 10.8 Å². The molecule has 0 amide bonds. The molecule has 0 spiro atoms. The Hall–Kier alpha value is -3.17. The molecule has 33 heavy (non-hydrogen) atoms. The molecule has 1 aromatic heterocycles. The minimum Gasteiger partial charge on any atom is -0.369 e. The summed E-state index contributed by atoms with van der Waals surface area (Å²) in [5.41, 5.74) is 5.03. The Morgan fingerprint density at radius 2 is 1.94 bits per heavy atom. The number of nitrogens with zero attached hydrogens (tertiary/aromatic N) is 5. The van der Waals surface area contributed by atoms with E-state index >= 15 is 0 Å². The number of hydrogen-bond donors (Lipinski definition) is 1. The van der Waals surface area contributed by atoms with Gasteiger partial charge in [-0.3, -0.25) is 4.90 Å². The zero-order valence-electron chi connectivity index (χ0n) is 19.8. The van der Waals surface area contributed by atoms with Crippen molar-refractivity contribution in [1.29, 1.82) is 5.26 Å². The Bertz CT molecular complexity index is 1210. The molecule has 3 aromatic rings. The average molecular weight is 441 g/mol. The molecule has 6 nitrogen and oxygen atoms in total. The summed E-state index contributed by atoms with van der Waals surface area (Å²) in [6, 6.07) is 15.6. The first-order valence-corrected chi connectivity index (χ1v) is 12.1. The first-order chi connectivity index (χ1) is 16.0. The fraction of sp³-hybridized carbons (Fsp3) is 0.444. The number of piperazine rings is 1. The van der Waals surface area contributed by atoms with Gasteiger partial charge in [0.15, 0.2) is 5.82 Å². The second kappa shape index (κ2) is 8.99. The highest BCUT2D eigenvalue weighted by atomic mass is 15.3. The number of hydrogen-bond acceptors (Lipinski definition) is 6. The number of nitriles is 1. The van der Waals surface area contributed by atoms with Crippen molar-refractivity contribution in [2.45, 2.75) is 52.1 Å². The van der Waals surface area contributed by atoms with Crippen molar-refractivity contribution >= 4 is 22.3 Å². The van der Waals surface area contributed by atoms with Crippen molar-refractivity contribution in [3.8, 4) is 6.07 Å². The van der Waals surface area contributed by atoms with Crippen LogP contribution in [-0.4, -0.2) is 47.3 Å². The molecular weight excluding hydrogens is 408 g/mol. The fourth-order valence-electron chi connectivity index (χ4n) is 5.50. The van der Waals surface area contributed by atoms with E-state index in [1.165, 1.54) is 31.5 Å². The van der Waals surface area contributed by atoms with Crippen LogP contribution in [0.3, 0.4) is 0 Å². The smallest absolute Gasteiger partial charge is 0.157 e. The number of fused-ring (bicyclic) bond motifs is 2. The number of aryl methyl sites for hydroxylation is 1. The number of nitrogens with one attached hydrogen (secondary N) is 1. The predicted octanol–water partition coefficient (Wildman–Crippen LogP) is 4.97. The summed E-state index contributed by atoms with van der Waals surface area (Å²) in [7, 11) is 0. The van der Waals surface area contributed by atoms with Crippen molar-refractivity contribution in [2.24, 2.45) is 0 Å². The molecule has 2 saturated heterocycles. The van der Waals surface area contributed by atoms with Crippen molar-refractivity contribution in [3.63, 3.8) is 0 Å². The number of rotatable bonds is 4. The molecule has 6 heteroatoms. The largest absolute Gasteiger partial charge is 0.369 e. The second-order valence-corrected chi connectivity index (χ2v) is 9.49. The summed E-state index contributed by atoms with van der Waals surface area (Å²) in [6.07, 6.45) is 3.99. The van der Waals surface area contributed by atoms with Gasteiger partial charge in [-0.25, -0.2) is 0 Å². The van der Waals surface area contributed by atoms with Crippen molar-refractivity contribution < 1.29 is 0 Å². The minimum atomic E-state index is 0.00736. The molecule has 2 fully saturated rings. The third kappa shape index (κ3) is 4.14. The van der Waals surface area contributed by atoms with Gasteiger partial charge < -0.3 is 10.2 Å². The quantitative estimate of drug-likeness (QED) is 0.618. The molecule has 2 aliphatic rings. The molecule has 3 heterocycles. The van der Waals surface area contributed by atoms with E-state index < -0.39 is 0 Å². The summed E-state index contributed by atoms with van der Waals surface area (Å²) in [6.45, 7) is 10.7. The molecule has 0 saturated carbocycles. The third-order valence-electron chi connectivity index (χ3n) is 7.47. The minimum absolute atomic E-state index is 0.00736. The molecule has 2 aliphatic heterocycles. The maximum absolute atomic E-state index is 9.41. The Kier molecular flexibility index (Phi) is 5.90. The van der Waals surface area contributed by atoms with Crippen molar-refractivity contribution in [3.05, 3.63) is 58.8 Å². The lowest BCUT2D eigenvalue weighted by Gasteiger charge is -2.45. The van der Waals surface area contributed by atoms with Gasteiger partial charge in [0.05, 0.1) is 23.4 Å². The molecule has 2 aromatic carbocycles. The van der Waals surface area contributed by atoms with E-state index in [1.807, 2.05) is 26.0 Å². The highest BCUT2D eigenvalue weighted by molar-refractivity contribution is 5.95. The lowest BCUT2D eigenvalue weighted by atomic mass is 9.98. The number of anilines is 2. The Morgan fingerprint density at radius 3 is 2.79 bits per heavy atom. The van der Waals surface area contributed by atoms with Crippen LogP contribution in [0.5, 0.6) is 0 Å². The lowest BCUT2D eigenvalue weighted by molar-refractivity contribution is 0.133. The highest BCUT2D eigenvalue weighted by Crippen LogP contribution is 2.32. The van der Waals surface area contributed by atoms with Gasteiger partial charge in [0.25, 0.3) is 0 Å². The van der Waals surface area contributed by atoms with E-state index in [4.69, 9.17) is 0 Å². The van der Waals surface area contributed by atoms with Gasteiger partial charge in [-0.15, -0.1) is 5.10 Å². The molecule has 0 aliphatic carbocycles. The zero-order valence-corrected chi connectivity index (χ0v) is 19.8. The molecule has 1 N–H and O–H groups in total. The maximum Gasteiger partial charge on any atom is 0.157 e. The van der Waals surface area contributed by atoms with Crippen LogP contribution < -0.4 is 10.2 Å². The first kappa shape index (κ1) is 21.7. The summed E-state index contributed by atoms with van der Waals surface area (Å²) in [5, 5.41) is 24.2. The molecule has 2 atom stereocenters. The van der Waals surface area contributed by atoms with Crippen molar-refractivity contribution in [2.75, 3.05) is 36.4 Å². The van der Waals surface area contributed by atoms with E-state index in [0.29, 0.717) is 11.6 Å². The van der Waals surface area contributed by atoms with E-state index in [-0.39, 0.29) is 6.04 Å². The number of aromatic nitrogens is 2. The van der Waals surface area contributed by atoms with Gasteiger partial charge in [-0.1, -0.05) is 24.6 Å². The maximum atomic E-state index is 9.41. The van der Waals surface area contributed by atoms with Crippen LogP contribution in [0, 0.1) is 25.2 Å². The normalized spacial score (nSPS) is 19.7. The molecule has 170 valence electrons. The third-order valence-corrected chi connectivity index (χ3v) is 7.47. The monoisotopic (exact) mass is 440 g/mol. The van der Waals surface area contributed by atoms with Gasteiger partial charge in [0.1, 0.15) is 0 Å². The Labute approximate surface area is 196 Å². The second-order valence-electron chi connectivity index (χ2n) is 9.49.